The van der Waals surface area contributed by atoms with Gasteiger partial charge in [0.05, 0.1) is 17.0 Å². The van der Waals surface area contributed by atoms with Gasteiger partial charge in [-0.15, -0.1) is 11.6 Å². The molecule has 0 N–H and O–H groups in total. The van der Waals surface area contributed by atoms with E-state index in [0.29, 0.717) is 19.0 Å². The highest BCUT2D eigenvalue weighted by Gasteiger charge is 2.41. The van der Waals surface area contributed by atoms with Crippen molar-refractivity contribution in [3.8, 4) is 0 Å². The van der Waals surface area contributed by atoms with Crippen molar-refractivity contribution >= 4 is 21.6 Å². The molecule has 1 unspecified atom stereocenters. The second kappa shape index (κ2) is 5.88. The molecule has 1 saturated heterocycles. The Morgan fingerprint density at radius 2 is 1.89 bits per heavy atom. The number of hydrogen-bond donors (Lipinski definition) is 0. The van der Waals surface area contributed by atoms with Crippen LogP contribution in [0.3, 0.4) is 0 Å². The number of hydrogen-bond acceptors (Lipinski definition) is 3. The van der Waals surface area contributed by atoms with Crippen molar-refractivity contribution in [3.63, 3.8) is 0 Å². The predicted molar refractivity (Wildman–Crippen MR) is 77.0 cm³/mol. The van der Waals surface area contributed by atoms with Crippen molar-refractivity contribution in [2.45, 2.75) is 62.9 Å². The van der Waals surface area contributed by atoms with Gasteiger partial charge in [0.15, 0.2) is 0 Å². The van der Waals surface area contributed by atoms with E-state index in [-0.39, 0.29) is 11.4 Å². The quantitative estimate of drug-likeness (QED) is 0.752. The van der Waals surface area contributed by atoms with Crippen molar-refractivity contribution in [2.24, 2.45) is 0 Å². The second-order valence-corrected chi connectivity index (χ2v) is 8.77. The van der Waals surface area contributed by atoms with Crippen molar-refractivity contribution in [1.29, 1.82) is 0 Å². The van der Waals surface area contributed by atoms with Crippen LogP contribution in [0.2, 0.25) is 0 Å². The lowest BCUT2D eigenvalue weighted by atomic mass is 10.0. The van der Waals surface area contributed by atoms with Crippen LogP contribution in [0.25, 0.3) is 0 Å². The first kappa shape index (κ1) is 15.5. The van der Waals surface area contributed by atoms with E-state index in [2.05, 4.69) is 0 Å². The van der Waals surface area contributed by atoms with Crippen LogP contribution in [0.5, 0.6) is 0 Å². The molecule has 0 radical (unpaired) electrons. The van der Waals surface area contributed by atoms with Crippen LogP contribution in [0.1, 0.15) is 46.0 Å². The van der Waals surface area contributed by atoms with Gasteiger partial charge < -0.3 is 4.74 Å². The average molecular weight is 310 g/mol. The molecule has 6 heteroatoms. The molecule has 0 amide bonds. The third-order valence-corrected chi connectivity index (χ3v) is 6.61. The first-order valence-electron chi connectivity index (χ1n) is 7.08. The van der Waals surface area contributed by atoms with Gasteiger partial charge in [-0.1, -0.05) is 19.3 Å². The lowest BCUT2D eigenvalue weighted by molar-refractivity contribution is -0.108. The zero-order valence-corrected chi connectivity index (χ0v) is 13.3. The molecule has 112 valence electrons. The molecule has 1 heterocycles. The van der Waals surface area contributed by atoms with Crippen LogP contribution in [0.4, 0.5) is 0 Å². The summed E-state index contributed by atoms with van der Waals surface area (Å²) in [5.74, 6) is 0.333. The molecule has 0 spiro atoms. The van der Waals surface area contributed by atoms with Gasteiger partial charge in [0, 0.05) is 19.0 Å². The maximum atomic E-state index is 12.7. The van der Waals surface area contributed by atoms with Gasteiger partial charge in [-0.05, 0) is 26.7 Å². The summed E-state index contributed by atoms with van der Waals surface area (Å²) in [5, 5.41) is -0.203. The zero-order valence-electron chi connectivity index (χ0n) is 11.8. The first-order chi connectivity index (χ1) is 8.85. The predicted octanol–water partition coefficient (Wildman–Crippen LogP) is 2.37. The Hall–Kier alpha value is 0.160. The lowest BCUT2D eigenvalue weighted by Crippen LogP contribution is -2.56. The molecular weight excluding hydrogens is 286 g/mol. The monoisotopic (exact) mass is 309 g/mol. The number of morpholine rings is 1. The van der Waals surface area contributed by atoms with Crippen molar-refractivity contribution < 1.29 is 13.2 Å². The second-order valence-electron chi connectivity index (χ2n) is 6.25. The first-order valence-corrected chi connectivity index (χ1v) is 9.12. The third kappa shape index (κ3) is 3.63. The fourth-order valence-electron chi connectivity index (χ4n) is 3.09. The molecule has 19 heavy (non-hydrogen) atoms. The summed E-state index contributed by atoms with van der Waals surface area (Å²) in [6, 6.07) is 0. The summed E-state index contributed by atoms with van der Waals surface area (Å²) in [6.45, 7) is 4.68. The minimum absolute atomic E-state index is 0.203. The van der Waals surface area contributed by atoms with E-state index in [9.17, 15) is 8.42 Å². The van der Waals surface area contributed by atoms with E-state index in [1.807, 2.05) is 13.8 Å². The molecule has 1 aliphatic carbocycles. The maximum Gasteiger partial charge on any atom is 0.217 e. The highest BCUT2D eigenvalue weighted by molar-refractivity contribution is 7.89. The third-order valence-electron chi connectivity index (χ3n) is 3.96. The molecule has 1 atom stereocenters. The zero-order chi connectivity index (χ0) is 14.1. The number of sulfonamides is 1. The van der Waals surface area contributed by atoms with Gasteiger partial charge in [-0.3, -0.25) is 0 Å². The summed E-state index contributed by atoms with van der Waals surface area (Å²) >= 11 is 5.86. The number of rotatable bonds is 3. The molecule has 0 aromatic rings. The molecule has 0 aromatic heterocycles. The van der Waals surface area contributed by atoms with Gasteiger partial charge >= 0.3 is 0 Å². The Labute approximate surface area is 121 Å². The van der Waals surface area contributed by atoms with Crippen LogP contribution in [-0.4, -0.2) is 48.6 Å². The SMILES string of the molecule is CC1(C)CN(S(=O)(=O)C2CCCCC2)CC(CCl)O1. The molecular formula is C13H24ClNO3S. The Morgan fingerprint density at radius 1 is 1.26 bits per heavy atom. The summed E-state index contributed by atoms with van der Waals surface area (Å²) in [6.07, 6.45) is 4.60. The highest BCUT2D eigenvalue weighted by atomic mass is 35.5. The number of nitrogens with zero attached hydrogens (tertiary/aromatic N) is 1. The molecule has 1 saturated carbocycles. The van der Waals surface area contributed by atoms with E-state index >= 15 is 0 Å². The smallest absolute Gasteiger partial charge is 0.217 e. The van der Waals surface area contributed by atoms with Crippen LogP contribution < -0.4 is 0 Å². The Morgan fingerprint density at radius 3 is 2.47 bits per heavy atom. The molecule has 0 bridgehead atoms. The number of alkyl halides is 1. The van der Waals surface area contributed by atoms with Crippen LogP contribution in [0.15, 0.2) is 0 Å². The number of ether oxygens (including phenoxy) is 1. The van der Waals surface area contributed by atoms with Crippen molar-refractivity contribution in [2.75, 3.05) is 19.0 Å². The lowest BCUT2D eigenvalue weighted by Gasteiger charge is -2.43. The topological polar surface area (TPSA) is 46.6 Å². The van der Waals surface area contributed by atoms with Crippen LogP contribution in [-0.2, 0) is 14.8 Å². The summed E-state index contributed by atoms with van der Waals surface area (Å²) in [7, 11) is -3.20. The van der Waals surface area contributed by atoms with Crippen molar-refractivity contribution in [3.05, 3.63) is 0 Å². The minimum Gasteiger partial charge on any atom is -0.368 e. The number of halogens is 1. The maximum absolute atomic E-state index is 12.7. The molecule has 4 nitrogen and oxygen atoms in total. The average Bonchev–Trinajstić information content (AvgIpc) is 2.37. The molecule has 2 fully saturated rings. The molecule has 2 rings (SSSR count). The molecule has 2 aliphatic rings. The van der Waals surface area contributed by atoms with Crippen molar-refractivity contribution in [1.82, 2.24) is 4.31 Å². The Balaban J connectivity index is 2.14. The van der Waals surface area contributed by atoms with E-state index < -0.39 is 15.6 Å². The van der Waals surface area contributed by atoms with Gasteiger partial charge in [0.1, 0.15) is 0 Å². The van der Waals surface area contributed by atoms with Gasteiger partial charge in [0.25, 0.3) is 0 Å². The Bertz CT molecular complexity index is 404. The van der Waals surface area contributed by atoms with Crippen LogP contribution in [0, 0.1) is 0 Å². The van der Waals surface area contributed by atoms with Gasteiger partial charge in [0.2, 0.25) is 10.0 Å². The fourth-order valence-corrected chi connectivity index (χ4v) is 5.47. The van der Waals surface area contributed by atoms with Crippen LogP contribution >= 0.6 is 11.6 Å². The van der Waals surface area contributed by atoms with E-state index in [1.165, 1.54) is 0 Å². The minimum atomic E-state index is -3.20. The van der Waals surface area contributed by atoms with E-state index in [4.69, 9.17) is 16.3 Å². The fraction of sp³-hybridized carbons (Fsp3) is 1.00. The Kier molecular flexibility index (Phi) is 4.81. The highest BCUT2D eigenvalue weighted by Crippen LogP contribution is 2.30. The normalized spacial score (nSPS) is 30.4. The summed E-state index contributed by atoms with van der Waals surface area (Å²) in [5.41, 5.74) is -0.459. The molecule has 1 aliphatic heterocycles. The largest absolute Gasteiger partial charge is 0.368 e. The summed E-state index contributed by atoms with van der Waals surface area (Å²) in [4.78, 5) is 0. The van der Waals surface area contributed by atoms with E-state index in [0.717, 1.165) is 32.1 Å². The van der Waals surface area contributed by atoms with Gasteiger partial charge in [-0.2, -0.15) is 4.31 Å². The molecule has 0 aromatic carbocycles. The standard InChI is InChI=1S/C13H24ClNO3S/c1-13(2)10-15(9-11(8-14)18-13)19(16,17)12-6-4-3-5-7-12/h11-12H,3-10H2,1-2H3. The van der Waals surface area contributed by atoms with Gasteiger partial charge in [-0.25, -0.2) is 8.42 Å². The van der Waals surface area contributed by atoms with E-state index in [1.54, 1.807) is 4.31 Å². The summed E-state index contributed by atoms with van der Waals surface area (Å²) < 4.78 is 32.8.